The fourth-order valence-corrected chi connectivity index (χ4v) is 7.50. The second-order valence-corrected chi connectivity index (χ2v) is 10.9. The predicted octanol–water partition coefficient (Wildman–Crippen LogP) is 5.20. The van der Waals surface area contributed by atoms with Gasteiger partial charge in [0.05, 0.1) is 6.10 Å². The fraction of sp³-hybridized carbons (Fsp3) is 0.586. The number of anilines is 1. The Morgan fingerprint density at radius 1 is 1.06 bits per heavy atom. The van der Waals surface area contributed by atoms with Crippen molar-refractivity contribution in [2.45, 2.75) is 76.4 Å². The molecular weight excluding hydrogens is 394 g/mol. The summed E-state index contributed by atoms with van der Waals surface area (Å²) < 4.78 is 0. The highest BCUT2D eigenvalue weighted by Crippen LogP contribution is 2.66. The van der Waals surface area contributed by atoms with E-state index in [1.807, 2.05) is 6.92 Å². The zero-order chi connectivity index (χ0) is 22.7. The molecule has 3 heteroatoms. The molecule has 0 spiro atoms. The van der Waals surface area contributed by atoms with Crippen LogP contribution in [0.4, 0.5) is 5.69 Å². The average molecular weight is 432 g/mol. The van der Waals surface area contributed by atoms with Crippen LogP contribution in [0.15, 0.2) is 47.1 Å². The van der Waals surface area contributed by atoms with Crippen LogP contribution in [0.1, 0.15) is 70.3 Å². The van der Waals surface area contributed by atoms with Crippen molar-refractivity contribution < 1.29 is 10.2 Å². The highest BCUT2D eigenvalue weighted by Gasteiger charge is 2.62. The summed E-state index contributed by atoms with van der Waals surface area (Å²) in [5.41, 5.74) is 5.98. The summed E-state index contributed by atoms with van der Waals surface area (Å²) in [7, 11) is 4.16. The molecule has 1 aromatic carbocycles. The molecule has 2 N–H and O–H groups in total. The van der Waals surface area contributed by atoms with Crippen molar-refractivity contribution >= 4 is 5.69 Å². The minimum Gasteiger partial charge on any atom is -0.389 e. The van der Waals surface area contributed by atoms with E-state index in [9.17, 15) is 10.2 Å². The van der Waals surface area contributed by atoms with Crippen LogP contribution in [0.25, 0.3) is 0 Å². The van der Waals surface area contributed by atoms with Crippen LogP contribution in [0.5, 0.6) is 0 Å². The molecule has 6 atom stereocenters. The Morgan fingerprint density at radius 3 is 2.50 bits per heavy atom. The first-order chi connectivity index (χ1) is 15.3. The van der Waals surface area contributed by atoms with Gasteiger partial charge in [0, 0.05) is 31.1 Å². The molecule has 0 radical (unpaired) electrons. The summed E-state index contributed by atoms with van der Waals surface area (Å²) in [6.45, 7) is 4.17. The Kier molecular flexibility index (Phi) is 5.31. The lowest BCUT2D eigenvalue weighted by Crippen LogP contribution is -2.51. The summed E-state index contributed by atoms with van der Waals surface area (Å²) in [6.07, 6.45) is 8.58. The van der Waals surface area contributed by atoms with E-state index in [0.29, 0.717) is 17.8 Å². The van der Waals surface area contributed by atoms with E-state index in [-0.39, 0.29) is 11.5 Å². The Labute approximate surface area is 193 Å². The molecule has 0 saturated heterocycles. The summed E-state index contributed by atoms with van der Waals surface area (Å²) >= 11 is 0. The number of rotatable bonds is 2. The van der Waals surface area contributed by atoms with Gasteiger partial charge in [-0.25, -0.2) is 0 Å². The Morgan fingerprint density at radius 2 is 1.81 bits per heavy atom. The van der Waals surface area contributed by atoms with Crippen LogP contribution in [0.2, 0.25) is 0 Å². The third-order valence-electron chi connectivity index (χ3n) is 9.16. The molecule has 0 bridgehead atoms. The van der Waals surface area contributed by atoms with Crippen molar-refractivity contribution in [2.75, 3.05) is 19.0 Å². The van der Waals surface area contributed by atoms with Crippen molar-refractivity contribution in [1.82, 2.24) is 0 Å². The molecule has 2 saturated carbocycles. The lowest BCUT2D eigenvalue weighted by atomic mass is 9.51. The maximum absolute atomic E-state index is 11.7. The Hall–Kier alpha value is -2.02. The molecule has 3 nitrogen and oxygen atoms in total. The number of benzene rings is 1. The number of fused-ring (bicyclic) bond motifs is 4. The molecule has 5 rings (SSSR count). The summed E-state index contributed by atoms with van der Waals surface area (Å²) in [5.74, 6) is 7.58. The summed E-state index contributed by atoms with van der Waals surface area (Å²) in [5, 5.41) is 22.0. The van der Waals surface area contributed by atoms with Crippen LogP contribution in [0.3, 0.4) is 0 Å². The molecule has 170 valence electrons. The summed E-state index contributed by atoms with van der Waals surface area (Å²) in [6, 6.07) is 9.04. The van der Waals surface area contributed by atoms with Gasteiger partial charge in [0.15, 0.2) is 0 Å². The average Bonchev–Trinajstić information content (AvgIpc) is 3.03. The molecule has 0 amide bonds. The Bertz CT molecular complexity index is 1020. The second-order valence-electron chi connectivity index (χ2n) is 10.9. The topological polar surface area (TPSA) is 43.7 Å². The van der Waals surface area contributed by atoms with Crippen LogP contribution >= 0.6 is 0 Å². The van der Waals surface area contributed by atoms with E-state index in [2.05, 4.69) is 68.1 Å². The van der Waals surface area contributed by atoms with E-state index in [0.717, 1.165) is 44.9 Å². The maximum atomic E-state index is 11.7. The first kappa shape index (κ1) is 21.8. The molecule has 1 unspecified atom stereocenters. The molecule has 1 aromatic rings. The fourth-order valence-electron chi connectivity index (χ4n) is 7.50. The highest BCUT2D eigenvalue weighted by atomic mass is 16.3. The third-order valence-corrected chi connectivity index (χ3v) is 9.16. The number of allylic oxidation sites excluding steroid dienone is 3. The van der Waals surface area contributed by atoms with Gasteiger partial charge in [-0.2, -0.15) is 0 Å². The van der Waals surface area contributed by atoms with E-state index < -0.39 is 5.60 Å². The number of aliphatic hydroxyl groups excluding tert-OH is 1. The monoisotopic (exact) mass is 431 g/mol. The number of nitrogens with zero attached hydrogens (tertiary/aromatic N) is 1. The minimum atomic E-state index is -0.899. The Balaban J connectivity index is 1.66. The van der Waals surface area contributed by atoms with Crippen molar-refractivity contribution in [3.05, 3.63) is 52.6 Å². The van der Waals surface area contributed by atoms with Crippen LogP contribution in [-0.4, -0.2) is 36.0 Å². The number of hydrogen-bond donors (Lipinski definition) is 2. The van der Waals surface area contributed by atoms with Gasteiger partial charge < -0.3 is 15.1 Å². The van der Waals surface area contributed by atoms with Gasteiger partial charge in [-0.3, -0.25) is 0 Å². The maximum Gasteiger partial charge on any atom is 0.131 e. The quantitative estimate of drug-likeness (QED) is 0.633. The smallest absolute Gasteiger partial charge is 0.131 e. The largest absolute Gasteiger partial charge is 0.389 e. The minimum absolute atomic E-state index is 0.203. The van der Waals surface area contributed by atoms with Gasteiger partial charge in [0.25, 0.3) is 0 Å². The first-order valence-corrected chi connectivity index (χ1v) is 12.3. The standard InChI is InChI=1S/C29H37NO2/c1-5-15-29(32)16-14-26-24-12-8-20-17-22(31)11-13-23(20)27(24)25(18-28(26,29)2)19-6-9-21(10-7-19)30(3)4/h6-7,9-10,17,22,24-26,31-32H,8,11-14,16,18H2,1-4H3/t22?,24-,25+,26-,28-,29-/m0/s1. The molecule has 0 aliphatic heterocycles. The highest BCUT2D eigenvalue weighted by molar-refractivity contribution is 5.52. The summed E-state index contributed by atoms with van der Waals surface area (Å²) in [4.78, 5) is 2.14. The van der Waals surface area contributed by atoms with Gasteiger partial charge in [0.1, 0.15) is 5.60 Å². The molecular formula is C29H37NO2. The number of aliphatic hydroxyl groups is 2. The van der Waals surface area contributed by atoms with Gasteiger partial charge >= 0.3 is 0 Å². The van der Waals surface area contributed by atoms with Gasteiger partial charge in [0.2, 0.25) is 0 Å². The molecule has 0 heterocycles. The zero-order valence-electron chi connectivity index (χ0n) is 20.0. The molecule has 0 aromatic heterocycles. The van der Waals surface area contributed by atoms with E-state index in [4.69, 9.17) is 0 Å². The van der Waals surface area contributed by atoms with E-state index in [1.165, 1.54) is 22.4 Å². The molecule has 32 heavy (non-hydrogen) atoms. The molecule has 2 fully saturated rings. The van der Waals surface area contributed by atoms with Gasteiger partial charge in [-0.1, -0.05) is 36.6 Å². The SMILES string of the molecule is CC#C[C@]1(O)CC[C@H]2[C@@H]3CCC4=CC(O)CCC4=C3[C@@H](c3ccc(N(C)C)cc3)C[C@@]21C. The van der Waals surface area contributed by atoms with Crippen molar-refractivity contribution in [3.8, 4) is 11.8 Å². The van der Waals surface area contributed by atoms with Gasteiger partial charge in [-0.05, 0) is 92.5 Å². The van der Waals surface area contributed by atoms with Crippen molar-refractivity contribution in [1.29, 1.82) is 0 Å². The van der Waals surface area contributed by atoms with E-state index >= 15 is 0 Å². The lowest BCUT2D eigenvalue weighted by molar-refractivity contribution is -0.0514. The van der Waals surface area contributed by atoms with Crippen LogP contribution in [0, 0.1) is 29.1 Å². The van der Waals surface area contributed by atoms with Crippen LogP contribution < -0.4 is 4.90 Å². The van der Waals surface area contributed by atoms with E-state index in [1.54, 1.807) is 5.57 Å². The molecule has 4 aliphatic carbocycles. The number of hydrogen-bond acceptors (Lipinski definition) is 3. The van der Waals surface area contributed by atoms with Crippen molar-refractivity contribution in [3.63, 3.8) is 0 Å². The zero-order valence-corrected chi connectivity index (χ0v) is 20.0. The first-order valence-electron chi connectivity index (χ1n) is 12.3. The van der Waals surface area contributed by atoms with Crippen molar-refractivity contribution in [2.24, 2.45) is 17.3 Å². The predicted molar refractivity (Wildman–Crippen MR) is 130 cm³/mol. The lowest BCUT2D eigenvalue weighted by Gasteiger charge is -2.54. The second kappa shape index (κ2) is 7.79. The molecule has 4 aliphatic rings. The normalized spacial score (nSPS) is 38.1. The van der Waals surface area contributed by atoms with Crippen LogP contribution in [-0.2, 0) is 0 Å². The van der Waals surface area contributed by atoms with Gasteiger partial charge in [-0.15, -0.1) is 5.92 Å². The third kappa shape index (κ3) is 3.18.